The molecule has 2 atom stereocenters. The molecule has 2 amide bonds. The first-order valence-electron chi connectivity index (χ1n) is 13.1. The third-order valence-electron chi connectivity index (χ3n) is 7.51. The number of aromatic nitrogens is 1. The average molecular weight is 499 g/mol. The maximum Gasteiger partial charge on any atom is 0.251 e. The largest absolute Gasteiger partial charge is 0.351 e. The molecule has 1 N–H and O–H groups in total. The minimum absolute atomic E-state index is 0.0678. The fraction of sp³-hybridized carbons (Fsp3) is 0.483. The van der Waals surface area contributed by atoms with Crippen LogP contribution in [0.4, 0.5) is 5.69 Å². The van der Waals surface area contributed by atoms with E-state index >= 15 is 0 Å². The van der Waals surface area contributed by atoms with Gasteiger partial charge >= 0.3 is 0 Å². The molecule has 8 nitrogen and oxygen atoms in total. The number of nitrogens with one attached hydrogen (secondary N) is 1. The SMILES string of the molecule is CC(C)(C#N)c1ccc(N(C(=O)C2CCCN2C#N)C(C(=O)NC2CCCCC2)c2cccnc2)cc1. The highest BCUT2D eigenvalue weighted by Crippen LogP contribution is 2.33. The molecule has 8 heteroatoms. The van der Waals surface area contributed by atoms with Gasteiger partial charge in [0.1, 0.15) is 12.1 Å². The van der Waals surface area contributed by atoms with E-state index in [0.29, 0.717) is 24.2 Å². The summed E-state index contributed by atoms with van der Waals surface area (Å²) in [5.41, 5.74) is 1.26. The van der Waals surface area contributed by atoms with Gasteiger partial charge in [0.2, 0.25) is 5.91 Å². The number of carbonyl (C=O) groups excluding carboxylic acids is 2. The second kappa shape index (κ2) is 11.4. The van der Waals surface area contributed by atoms with Crippen molar-refractivity contribution >= 4 is 17.5 Å². The van der Waals surface area contributed by atoms with Crippen molar-refractivity contribution in [1.82, 2.24) is 15.2 Å². The lowest BCUT2D eigenvalue weighted by Crippen LogP contribution is -2.51. The molecule has 0 radical (unpaired) electrons. The van der Waals surface area contributed by atoms with Gasteiger partial charge in [-0.3, -0.25) is 24.4 Å². The van der Waals surface area contributed by atoms with Crippen molar-refractivity contribution in [3.05, 3.63) is 59.9 Å². The fourth-order valence-corrected chi connectivity index (χ4v) is 5.29. The molecular weight excluding hydrogens is 464 g/mol. The van der Waals surface area contributed by atoms with Gasteiger partial charge in [0, 0.05) is 36.2 Å². The number of rotatable bonds is 7. The summed E-state index contributed by atoms with van der Waals surface area (Å²) in [5.74, 6) is -0.546. The van der Waals surface area contributed by atoms with Crippen LogP contribution in [0.25, 0.3) is 0 Å². The van der Waals surface area contributed by atoms with Gasteiger partial charge < -0.3 is 5.32 Å². The zero-order valence-corrected chi connectivity index (χ0v) is 21.6. The number of hydrogen-bond acceptors (Lipinski definition) is 6. The summed E-state index contributed by atoms with van der Waals surface area (Å²) in [6.07, 6.45) is 11.8. The summed E-state index contributed by atoms with van der Waals surface area (Å²) in [5, 5.41) is 22.4. The van der Waals surface area contributed by atoms with Gasteiger partial charge in [0.25, 0.3) is 5.91 Å². The van der Waals surface area contributed by atoms with Crippen molar-refractivity contribution in [3.63, 3.8) is 0 Å². The van der Waals surface area contributed by atoms with E-state index < -0.39 is 17.5 Å². The molecule has 192 valence electrons. The van der Waals surface area contributed by atoms with Gasteiger partial charge in [-0.15, -0.1) is 0 Å². The van der Waals surface area contributed by atoms with Gasteiger partial charge in [0.05, 0.1) is 11.5 Å². The molecule has 1 aliphatic heterocycles. The third kappa shape index (κ3) is 5.75. The minimum atomic E-state index is -0.945. The molecule has 1 saturated carbocycles. The van der Waals surface area contributed by atoms with Gasteiger partial charge in [0.15, 0.2) is 6.19 Å². The number of benzene rings is 1. The Labute approximate surface area is 218 Å². The highest BCUT2D eigenvalue weighted by molar-refractivity contribution is 6.04. The normalized spacial score (nSPS) is 18.9. The van der Waals surface area contributed by atoms with Gasteiger partial charge in [-0.05, 0) is 63.3 Å². The van der Waals surface area contributed by atoms with Crippen molar-refractivity contribution < 1.29 is 9.59 Å². The number of nitrogens with zero attached hydrogens (tertiary/aromatic N) is 5. The molecule has 1 aromatic heterocycles. The summed E-state index contributed by atoms with van der Waals surface area (Å²) < 4.78 is 0. The van der Waals surface area contributed by atoms with Gasteiger partial charge in [-0.25, -0.2) is 0 Å². The molecule has 2 heterocycles. The highest BCUT2D eigenvalue weighted by Gasteiger charge is 2.40. The highest BCUT2D eigenvalue weighted by atomic mass is 16.2. The Morgan fingerprint density at radius 2 is 1.81 bits per heavy atom. The zero-order chi connectivity index (χ0) is 26.4. The molecule has 2 aliphatic rings. The Morgan fingerprint density at radius 1 is 1.08 bits per heavy atom. The van der Waals surface area contributed by atoms with Crippen molar-refractivity contribution in [1.29, 1.82) is 10.5 Å². The monoisotopic (exact) mass is 498 g/mol. The zero-order valence-electron chi connectivity index (χ0n) is 21.6. The summed E-state index contributed by atoms with van der Waals surface area (Å²) in [6.45, 7) is 4.19. The van der Waals surface area contributed by atoms with Crippen LogP contribution in [0.2, 0.25) is 0 Å². The molecule has 1 aromatic carbocycles. The second-order valence-electron chi connectivity index (χ2n) is 10.5. The maximum atomic E-state index is 14.1. The maximum absolute atomic E-state index is 14.1. The number of nitriles is 2. The topological polar surface area (TPSA) is 113 Å². The van der Waals surface area contributed by atoms with E-state index in [1.54, 1.807) is 30.6 Å². The lowest BCUT2D eigenvalue weighted by atomic mass is 9.86. The van der Waals surface area contributed by atoms with E-state index in [1.165, 1.54) is 16.2 Å². The third-order valence-corrected chi connectivity index (χ3v) is 7.51. The molecule has 1 saturated heterocycles. The molecule has 2 aromatic rings. The molecule has 37 heavy (non-hydrogen) atoms. The van der Waals surface area contributed by atoms with Crippen LogP contribution in [0.1, 0.15) is 76.0 Å². The van der Waals surface area contributed by atoms with Crippen LogP contribution in [0.3, 0.4) is 0 Å². The molecule has 1 aliphatic carbocycles. The lowest BCUT2D eigenvalue weighted by molar-refractivity contribution is -0.128. The van der Waals surface area contributed by atoms with Crippen molar-refractivity contribution in [2.45, 2.75) is 82.3 Å². The number of pyridine rings is 1. The number of carbonyl (C=O) groups is 2. The van der Waals surface area contributed by atoms with E-state index in [-0.39, 0.29) is 17.9 Å². The quantitative estimate of drug-likeness (QED) is 0.568. The molecule has 4 rings (SSSR count). The van der Waals surface area contributed by atoms with E-state index in [9.17, 15) is 20.1 Å². The van der Waals surface area contributed by atoms with Crippen LogP contribution in [0.15, 0.2) is 48.8 Å². The first-order valence-corrected chi connectivity index (χ1v) is 13.1. The first kappa shape index (κ1) is 26.2. The van der Waals surface area contributed by atoms with E-state index in [0.717, 1.165) is 37.7 Å². The van der Waals surface area contributed by atoms with Crippen LogP contribution in [-0.4, -0.2) is 40.3 Å². The van der Waals surface area contributed by atoms with Crippen LogP contribution >= 0.6 is 0 Å². The van der Waals surface area contributed by atoms with Crippen LogP contribution in [0, 0.1) is 22.8 Å². The summed E-state index contributed by atoms with van der Waals surface area (Å²) >= 11 is 0. The number of anilines is 1. The minimum Gasteiger partial charge on any atom is -0.351 e. The van der Waals surface area contributed by atoms with E-state index in [2.05, 4.69) is 22.6 Å². The van der Waals surface area contributed by atoms with Crippen LogP contribution in [0.5, 0.6) is 0 Å². The van der Waals surface area contributed by atoms with Crippen molar-refractivity contribution in [3.8, 4) is 12.3 Å². The Hall–Kier alpha value is -3.91. The smallest absolute Gasteiger partial charge is 0.251 e. The predicted octanol–water partition coefficient (Wildman–Crippen LogP) is 4.35. The van der Waals surface area contributed by atoms with Gasteiger partial charge in [-0.2, -0.15) is 10.5 Å². The van der Waals surface area contributed by atoms with Crippen LogP contribution in [-0.2, 0) is 15.0 Å². The average Bonchev–Trinajstić information content (AvgIpc) is 3.41. The number of amides is 2. The summed E-state index contributed by atoms with van der Waals surface area (Å²) in [7, 11) is 0. The van der Waals surface area contributed by atoms with Crippen molar-refractivity contribution in [2.24, 2.45) is 0 Å². The summed E-state index contributed by atoms with van der Waals surface area (Å²) in [6, 6.07) is 11.6. The van der Waals surface area contributed by atoms with Crippen LogP contribution < -0.4 is 10.2 Å². The van der Waals surface area contributed by atoms with E-state index in [4.69, 9.17) is 0 Å². The predicted molar refractivity (Wildman–Crippen MR) is 140 cm³/mol. The number of likely N-dealkylation sites (tertiary alicyclic amines) is 1. The van der Waals surface area contributed by atoms with Crippen molar-refractivity contribution in [2.75, 3.05) is 11.4 Å². The van der Waals surface area contributed by atoms with Gasteiger partial charge in [-0.1, -0.05) is 37.5 Å². The molecule has 2 fully saturated rings. The lowest BCUT2D eigenvalue weighted by Gasteiger charge is -2.35. The van der Waals surface area contributed by atoms with E-state index in [1.807, 2.05) is 32.0 Å². The molecule has 0 bridgehead atoms. The standard InChI is InChI=1S/C29H34N6O2/c1-29(2,19-30)22-12-14-24(15-13-22)35(28(37)25-11-7-17-34(25)20-31)26(21-8-6-16-32-18-21)27(36)33-23-9-4-3-5-10-23/h6,8,12-16,18,23,25-26H,3-5,7,9-11,17H2,1-2H3,(H,33,36). The first-order chi connectivity index (χ1) is 17.9. The Balaban J connectivity index is 1.78. The Morgan fingerprint density at radius 3 is 2.43 bits per heavy atom. The summed E-state index contributed by atoms with van der Waals surface area (Å²) in [4.78, 5) is 35.3. The Bertz CT molecular complexity index is 1180. The second-order valence-corrected chi connectivity index (χ2v) is 10.5. The number of hydrogen-bond donors (Lipinski definition) is 1. The Kier molecular flexibility index (Phi) is 8.08. The molecule has 0 spiro atoms. The fourth-order valence-electron chi connectivity index (χ4n) is 5.29. The molecule has 2 unspecified atom stereocenters. The molecular formula is C29H34N6O2.